The molecule has 3 N–H and O–H groups in total. The van der Waals surface area contributed by atoms with E-state index in [1.807, 2.05) is 19.9 Å². The van der Waals surface area contributed by atoms with Crippen molar-refractivity contribution in [3.63, 3.8) is 0 Å². The zero-order valence-corrected chi connectivity index (χ0v) is 17.4. The highest BCUT2D eigenvalue weighted by Crippen LogP contribution is 2.24. The van der Waals surface area contributed by atoms with Gasteiger partial charge in [-0.1, -0.05) is 18.5 Å². The number of nitrogens with zero attached hydrogens (tertiary/aromatic N) is 2. The van der Waals surface area contributed by atoms with Crippen molar-refractivity contribution in [3.05, 3.63) is 46.0 Å². The van der Waals surface area contributed by atoms with E-state index in [2.05, 4.69) is 20.2 Å². The average Bonchev–Trinajstić information content (AvgIpc) is 3.08. The summed E-state index contributed by atoms with van der Waals surface area (Å²) >= 11 is 6.03. The molecule has 1 saturated heterocycles. The van der Waals surface area contributed by atoms with Crippen molar-refractivity contribution in [3.8, 4) is 0 Å². The Morgan fingerprint density at radius 2 is 2.17 bits per heavy atom. The molecule has 0 radical (unpaired) electrons. The Morgan fingerprint density at radius 3 is 2.79 bits per heavy atom. The largest absolute Gasteiger partial charge is 0.478 e. The summed E-state index contributed by atoms with van der Waals surface area (Å²) in [7, 11) is 1.60. The van der Waals surface area contributed by atoms with Crippen molar-refractivity contribution in [1.29, 1.82) is 0 Å². The van der Waals surface area contributed by atoms with Crippen molar-refractivity contribution < 1.29 is 19.4 Å². The minimum Gasteiger partial charge on any atom is -0.478 e. The van der Waals surface area contributed by atoms with Gasteiger partial charge in [0.05, 0.1) is 23.4 Å². The van der Waals surface area contributed by atoms with Gasteiger partial charge in [-0.2, -0.15) is 0 Å². The number of carbonyl (C=O) groups excluding carboxylic acids is 1. The summed E-state index contributed by atoms with van der Waals surface area (Å²) in [5, 5.41) is 12.6. The Balaban J connectivity index is 1.71. The molecule has 0 saturated carbocycles. The molecule has 1 aromatic heterocycles. The molecule has 9 heteroatoms. The standard InChI is InChI=1S/C20H25ClN4O4/c1-4-14-17(21)24-18(22-14)19(26)23-15-5-6-25(10-16(15)29-3)13-8-11(2)7-12(9-13)20(27)28/h7-9,15-16H,4-6,10H2,1-3H3,(H,22,24)(H,23,26)(H,27,28)/t15-,16+/m0/s1. The number of carbonyl (C=O) groups is 2. The first kappa shape index (κ1) is 21.1. The van der Waals surface area contributed by atoms with Crippen molar-refractivity contribution in [1.82, 2.24) is 15.3 Å². The van der Waals surface area contributed by atoms with Gasteiger partial charge in [-0.25, -0.2) is 9.78 Å². The Kier molecular flexibility index (Phi) is 6.44. The molecule has 1 aliphatic heterocycles. The zero-order chi connectivity index (χ0) is 21.1. The number of hydrogen-bond donors (Lipinski definition) is 3. The summed E-state index contributed by atoms with van der Waals surface area (Å²) in [5.41, 5.74) is 2.69. The van der Waals surface area contributed by atoms with Gasteiger partial charge in [0, 0.05) is 25.9 Å². The van der Waals surface area contributed by atoms with Gasteiger partial charge in [0.1, 0.15) is 0 Å². The highest BCUT2D eigenvalue weighted by molar-refractivity contribution is 6.30. The number of anilines is 1. The maximum atomic E-state index is 12.6. The predicted octanol–water partition coefficient (Wildman–Crippen LogP) is 2.66. The molecular weight excluding hydrogens is 396 g/mol. The molecule has 8 nitrogen and oxygen atoms in total. The summed E-state index contributed by atoms with van der Waals surface area (Å²) in [6.45, 7) is 4.99. The van der Waals surface area contributed by atoms with Crippen LogP contribution in [-0.2, 0) is 11.2 Å². The third-order valence-corrected chi connectivity index (χ3v) is 5.46. The minimum absolute atomic E-state index is 0.189. The maximum Gasteiger partial charge on any atom is 0.335 e. The molecule has 1 aliphatic rings. The molecule has 2 heterocycles. The molecule has 0 unspecified atom stereocenters. The fourth-order valence-electron chi connectivity index (χ4n) is 3.59. The van der Waals surface area contributed by atoms with Gasteiger partial charge in [-0.15, -0.1) is 0 Å². The molecule has 0 spiro atoms. The number of hydrogen-bond acceptors (Lipinski definition) is 5. The van der Waals surface area contributed by atoms with E-state index in [9.17, 15) is 14.7 Å². The van der Waals surface area contributed by atoms with Crippen LogP contribution >= 0.6 is 11.6 Å². The number of carboxylic acids is 1. The van der Waals surface area contributed by atoms with Crippen molar-refractivity contribution in [2.75, 3.05) is 25.1 Å². The molecule has 1 aromatic carbocycles. The van der Waals surface area contributed by atoms with Crippen LogP contribution < -0.4 is 10.2 Å². The number of piperidine rings is 1. The number of amides is 1. The quantitative estimate of drug-likeness (QED) is 0.663. The number of nitrogens with one attached hydrogen (secondary N) is 2. The van der Waals surface area contributed by atoms with Crippen LogP contribution in [0.15, 0.2) is 18.2 Å². The summed E-state index contributed by atoms with van der Waals surface area (Å²) < 4.78 is 5.62. The van der Waals surface area contributed by atoms with Crippen molar-refractivity contribution >= 4 is 29.2 Å². The molecular formula is C20H25ClN4O4. The van der Waals surface area contributed by atoms with Gasteiger partial charge < -0.3 is 25.0 Å². The second-order valence-electron chi connectivity index (χ2n) is 7.16. The molecule has 2 aromatic rings. The first-order valence-corrected chi connectivity index (χ1v) is 9.88. The van der Waals surface area contributed by atoms with E-state index in [0.29, 0.717) is 31.1 Å². The van der Waals surface area contributed by atoms with Gasteiger partial charge in [-0.05, 0) is 43.5 Å². The second-order valence-corrected chi connectivity index (χ2v) is 7.52. The molecule has 2 atom stereocenters. The molecule has 0 aliphatic carbocycles. The summed E-state index contributed by atoms with van der Waals surface area (Å²) in [6.07, 6.45) is 1.06. The topological polar surface area (TPSA) is 108 Å². The minimum atomic E-state index is -0.955. The Morgan fingerprint density at radius 1 is 1.41 bits per heavy atom. The number of carboxylic acid groups (broad SMARTS) is 1. The zero-order valence-electron chi connectivity index (χ0n) is 16.7. The molecule has 0 bridgehead atoms. The van der Waals surface area contributed by atoms with E-state index in [1.165, 1.54) is 0 Å². The van der Waals surface area contributed by atoms with E-state index >= 15 is 0 Å². The van der Waals surface area contributed by atoms with Crippen LogP contribution in [0.1, 0.15) is 45.6 Å². The van der Waals surface area contributed by atoms with E-state index < -0.39 is 5.97 Å². The van der Waals surface area contributed by atoms with Crippen LogP contribution in [-0.4, -0.2) is 59.3 Å². The lowest BCUT2D eigenvalue weighted by Gasteiger charge is -2.39. The van der Waals surface area contributed by atoms with Crippen molar-refractivity contribution in [2.24, 2.45) is 0 Å². The average molecular weight is 421 g/mol. The van der Waals surface area contributed by atoms with Gasteiger partial charge in [0.2, 0.25) is 0 Å². The molecule has 3 rings (SSSR count). The third-order valence-electron chi connectivity index (χ3n) is 5.15. The number of aromatic nitrogens is 2. The SMILES string of the molecule is CCc1[nH]c(C(=O)N[C@H]2CCN(c3cc(C)cc(C(=O)O)c3)C[C@H]2OC)nc1Cl. The molecule has 156 valence electrons. The Hall–Kier alpha value is -2.58. The lowest BCUT2D eigenvalue weighted by atomic mass is 10.00. The number of ether oxygens (including phenoxy) is 1. The first-order valence-electron chi connectivity index (χ1n) is 9.50. The predicted molar refractivity (Wildman–Crippen MR) is 110 cm³/mol. The first-order chi connectivity index (χ1) is 13.8. The maximum absolute atomic E-state index is 12.6. The smallest absolute Gasteiger partial charge is 0.335 e. The summed E-state index contributed by atoms with van der Waals surface area (Å²) in [5.74, 6) is -1.09. The Labute approximate surface area is 174 Å². The van der Waals surface area contributed by atoms with E-state index in [-0.39, 0.29) is 29.4 Å². The van der Waals surface area contributed by atoms with Crippen LogP contribution in [0, 0.1) is 6.92 Å². The highest BCUT2D eigenvalue weighted by Gasteiger charge is 2.32. The summed E-state index contributed by atoms with van der Waals surface area (Å²) in [6, 6.07) is 5.07. The fraction of sp³-hybridized carbons (Fsp3) is 0.450. The number of H-pyrrole nitrogens is 1. The normalized spacial score (nSPS) is 19.2. The number of halogens is 1. The van der Waals surface area contributed by atoms with Crippen LogP contribution in [0.2, 0.25) is 5.15 Å². The van der Waals surface area contributed by atoms with Gasteiger partial charge in [0.25, 0.3) is 5.91 Å². The lowest BCUT2D eigenvalue weighted by molar-refractivity contribution is 0.0538. The molecule has 29 heavy (non-hydrogen) atoms. The number of methoxy groups -OCH3 is 1. The highest BCUT2D eigenvalue weighted by atomic mass is 35.5. The third kappa shape index (κ3) is 4.71. The van der Waals surface area contributed by atoms with E-state index in [1.54, 1.807) is 19.2 Å². The fourth-order valence-corrected chi connectivity index (χ4v) is 3.86. The van der Waals surface area contributed by atoms with Gasteiger partial charge in [-0.3, -0.25) is 4.79 Å². The molecule has 1 fully saturated rings. The van der Waals surface area contributed by atoms with Crippen molar-refractivity contribution in [2.45, 2.75) is 38.8 Å². The second kappa shape index (κ2) is 8.84. The number of imidazole rings is 1. The van der Waals surface area contributed by atoms with Gasteiger partial charge >= 0.3 is 5.97 Å². The van der Waals surface area contributed by atoms with Gasteiger partial charge in [0.15, 0.2) is 11.0 Å². The monoisotopic (exact) mass is 420 g/mol. The number of aryl methyl sites for hydroxylation is 2. The number of rotatable bonds is 6. The molecule has 1 amide bonds. The van der Waals surface area contributed by atoms with Crippen LogP contribution in [0.3, 0.4) is 0 Å². The Bertz CT molecular complexity index is 914. The number of aromatic carboxylic acids is 1. The van der Waals surface area contributed by atoms with E-state index in [4.69, 9.17) is 16.3 Å². The van der Waals surface area contributed by atoms with Crippen LogP contribution in [0.4, 0.5) is 5.69 Å². The lowest BCUT2D eigenvalue weighted by Crippen LogP contribution is -2.55. The summed E-state index contributed by atoms with van der Waals surface area (Å²) in [4.78, 5) is 33.0. The van der Waals surface area contributed by atoms with Crippen LogP contribution in [0.25, 0.3) is 0 Å². The van der Waals surface area contributed by atoms with E-state index in [0.717, 1.165) is 16.9 Å². The van der Waals surface area contributed by atoms with Crippen LogP contribution in [0.5, 0.6) is 0 Å². The number of benzene rings is 1. The number of aromatic amines is 1.